The molecule has 2 atom stereocenters. The Kier molecular flexibility index (Phi) is 20.4. The molecule has 3 aliphatic heterocycles. The first kappa shape index (κ1) is 59.8. The molecule has 416 valence electrons. The van der Waals surface area contributed by atoms with Crippen molar-refractivity contribution in [3.8, 4) is 23.0 Å². The Labute approximate surface area is 453 Å². The number of nitrogens with one attached hydrogen (secondary N) is 3. The lowest BCUT2D eigenvalue weighted by Crippen LogP contribution is -2.48. The second-order valence-electron chi connectivity index (χ2n) is 18.7. The Bertz CT molecular complexity index is 2880. The van der Waals surface area contributed by atoms with E-state index in [1.165, 1.54) is 12.0 Å². The van der Waals surface area contributed by atoms with Gasteiger partial charge in [0.05, 0.1) is 37.5 Å². The number of fused-ring (bicyclic) bond motifs is 2. The molecular formula is C52H62Cl2F3N9O11. The first-order valence-corrected chi connectivity index (χ1v) is 25.0. The lowest BCUT2D eigenvalue weighted by molar-refractivity contribution is -0.169. The Hall–Kier alpha value is -6.47. The third-order valence-corrected chi connectivity index (χ3v) is 12.7. The van der Waals surface area contributed by atoms with Gasteiger partial charge in [-0.15, -0.1) is 0 Å². The van der Waals surface area contributed by atoms with E-state index < -0.39 is 39.7 Å². The number of aromatic nitrogens is 4. The van der Waals surface area contributed by atoms with Crippen molar-refractivity contribution in [2.75, 3.05) is 91.7 Å². The zero-order valence-corrected chi connectivity index (χ0v) is 45.4. The molecule has 25 heteroatoms. The van der Waals surface area contributed by atoms with E-state index in [9.17, 15) is 32.3 Å². The first-order valence-electron chi connectivity index (χ1n) is 24.2. The van der Waals surface area contributed by atoms with Gasteiger partial charge in [-0.2, -0.15) is 18.3 Å². The largest absolute Gasteiger partial charge is 0.475 e. The first-order chi connectivity index (χ1) is 36.5. The van der Waals surface area contributed by atoms with Crippen LogP contribution in [0.2, 0.25) is 0 Å². The number of alkyl halides is 5. The average Bonchev–Trinajstić information content (AvgIpc) is 4.24. The summed E-state index contributed by atoms with van der Waals surface area (Å²) in [5.74, 6) is -1.54. The molecule has 3 N–H and O–H groups in total. The van der Waals surface area contributed by atoms with E-state index in [2.05, 4.69) is 59.2 Å². The number of carbonyl (C=O) groups excluding carboxylic acids is 4. The number of aliphatic imine (C=N–C) groups is 1. The molecule has 77 heavy (non-hydrogen) atoms. The molecule has 0 saturated carbocycles. The highest BCUT2D eigenvalue weighted by Gasteiger charge is 2.48. The van der Waals surface area contributed by atoms with Gasteiger partial charge in [0, 0.05) is 113 Å². The van der Waals surface area contributed by atoms with Gasteiger partial charge in [-0.1, -0.05) is 29.3 Å². The molecule has 0 radical (unpaired) electrons. The average molecular weight is 1120 g/mol. The van der Waals surface area contributed by atoms with Crippen LogP contribution in [0.5, 0.6) is 11.8 Å². The fourth-order valence-corrected chi connectivity index (χ4v) is 8.44. The number of ketones is 1. The van der Waals surface area contributed by atoms with Gasteiger partial charge in [0.15, 0.2) is 16.0 Å². The van der Waals surface area contributed by atoms with Crippen LogP contribution in [0, 0.1) is 0 Å². The Morgan fingerprint density at radius 3 is 1.90 bits per heavy atom. The summed E-state index contributed by atoms with van der Waals surface area (Å²) >= 11 is 9.22. The molecule has 2 aromatic carbocycles. The number of Topliss-reactive ketones (excluding diaryl/α,β-unsaturated/α-hetero) is 1. The third-order valence-electron chi connectivity index (χ3n) is 12.3. The molecule has 2 saturated heterocycles. The normalized spacial score (nSPS) is 17.9. The van der Waals surface area contributed by atoms with Crippen LogP contribution in [0.3, 0.4) is 0 Å². The van der Waals surface area contributed by atoms with Gasteiger partial charge in [0.25, 0.3) is 17.6 Å². The summed E-state index contributed by atoms with van der Waals surface area (Å²) in [6, 6.07) is 18.9. The summed E-state index contributed by atoms with van der Waals surface area (Å²) in [7, 11) is 8.17. The number of methoxy groups -OCH3 is 4. The van der Waals surface area contributed by atoms with Crippen LogP contribution in [0.25, 0.3) is 22.2 Å². The van der Waals surface area contributed by atoms with Crippen LogP contribution in [0.4, 0.5) is 29.3 Å². The van der Waals surface area contributed by atoms with Gasteiger partial charge in [-0.3, -0.25) is 24.1 Å². The number of rotatable bonds is 17. The number of halogens is 5. The van der Waals surface area contributed by atoms with Crippen LogP contribution >= 0.6 is 23.2 Å². The molecule has 8 rings (SSSR count). The zero-order valence-electron chi connectivity index (χ0n) is 43.8. The fraction of sp³-hybridized carbons (Fsp3) is 0.462. The molecule has 0 bridgehead atoms. The molecule has 5 aromatic rings. The van der Waals surface area contributed by atoms with Crippen molar-refractivity contribution in [1.82, 2.24) is 30.0 Å². The molecule has 3 amide bonds. The molecule has 0 spiro atoms. The highest BCUT2D eigenvalue weighted by atomic mass is 35.5. The number of aryl methyl sites for hydroxylation is 1. The van der Waals surface area contributed by atoms with Crippen molar-refractivity contribution in [2.45, 2.75) is 68.0 Å². The Balaban J connectivity index is 0.000000219. The highest BCUT2D eigenvalue weighted by molar-refractivity contribution is 6.54. The van der Waals surface area contributed by atoms with E-state index in [-0.39, 0.29) is 18.4 Å². The van der Waals surface area contributed by atoms with Crippen LogP contribution in [0.15, 0.2) is 78.0 Å². The topological polar surface area (TPSA) is 228 Å². The molecule has 3 aromatic heterocycles. The van der Waals surface area contributed by atoms with E-state index in [0.29, 0.717) is 76.4 Å². The minimum absolute atomic E-state index is 0.106. The van der Waals surface area contributed by atoms with Gasteiger partial charge in [-0.05, 0) is 81.8 Å². The number of anilines is 2. The number of likely N-dealkylation sites (tertiary alicyclic amines) is 1. The number of pyridine rings is 2. The van der Waals surface area contributed by atoms with Crippen molar-refractivity contribution in [3.05, 3.63) is 89.7 Å². The van der Waals surface area contributed by atoms with Crippen molar-refractivity contribution in [2.24, 2.45) is 12.0 Å². The van der Waals surface area contributed by atoms with Gasteiger partial charge >= 0.3 is 12.3 Å². The number of hydrogen-bond donors (Lipinski definition) is 3. The molecular weight excluding hydrogens is 1050 g/mol. The van der Waals surface area contributed by atoms with Crippen molar-refractivity contribution in [1.29, 1.82) is 0 Å². The standard InChI is InChI=1S/C27H35N5O6.C22H26N4O4.C3HCl2F3O/c1-26(2,3)38-25(34)32-12-11-27(17-32,36-6)24(33)29-19-8-9-21-20(15-19)23(30-31(21)4)18-7-10-22(28-16-18)37-14-13-35-5;1-28-9-10-30-19-6-4-16(13-24-19)20-18-11-17(5-3-15(18)12-25-20)26-21(27)22(29-2)7-8-23-14-22;4-2(5)1(9)3(6,7)8/h7-10,15-16H,11-14,17H2,1-6H3,(H,29,33);3-6,11,13,23H,7-10,12,14H2,1-2H3,(H,26,27);2H/t27-;22-;/m00./s1. The van der Waals surface area contributed by atoms with E-state index in [1.807, 2.05) is 61.6 Å². The number of hydrogen-bond acceptors (Lipinski definition) is 16. The lowest BCUT2D eigenvalue weighted by Gasteiger charge is -2.28. The zero-order chi connectivity index (χ0) is 56.1. The fourth-order valence-electron chi connectivity index (χ4n) is 8.19. The maximum atomic E-state index is 13.4. The van der Waals surface area contributed by atoms with Gasteiger partial charge in [-0.25, -0.2) is 14.8 Å². The summed E-state index contributed by atoms with van der Waals surface area (Å²) in [4.78, 5) is 61.4. The summed E-state index contributed by atoms with van der Waals surface area (Å²) in [5.41, 5.74) is 5.03. The third kappa shape index (κ3) is 15.4. The number of ether oxygens (including phenoxy) is 7. The molecule has 0 unspecified atom stereocenters. The number of carbonyl (C=O) groups is 4. The van der Waals surface area contributed by atoms with Crippen LogP contribution in [-0.2, 0) is 51.7 Å². The monoisotopic (exact) mass is 1120 g/mol. The van der Waals surface area contributed by atoms with Crippen molar-refractivity contribution in [3.63, 3.8) is 0 Å². The van der Waals surface area contributed by atoms with E-state index in [0.717, 1.165) is 56.8 Å². The Morgan fingerprint density at radius 2 is 1.38 bits per heavy atom. The number of amides is 3. The summed E-state index contributed by atoms with van der Waals surface area (Å²) < 4.78 is 73.1. The van der Waals surface area contributed by atoms with Crippen LogP contribution < -0.4 is 25.4 Å². The SMILES string of the molecule is COCCOc1ccc(-c2nn(C)c3ccc(NC(=O)[C@]4(OC)CCN(C(=O)OC(C)(C)C)C4)cc23)cn1.COCCOc1ccc(C2=NCc3ccc(NC(=O)[C@]4(OC)CCNC4)cc32)cn1.O=C(C(Cl)Cl)C(F)(F)F. The van der Waals surface area contributed by atoms with Gasteiger partial charge in [0.1, 0.15) is 24.5 Å². The maximum absolute atomic E-state index is 13.4. The van der Waals surface area contributed by atoms with Crippen LogP contribution in [-0.4, -0.2) is 163 Å². The molecule has 3 aliphatic rings. The number of nitrogens with zero attached hydrogens (tertiary/aromatic N) is 6. The molecule has 20 nitrogen and oxygen atoms in total. The predicted molar refractivity (Wildman–Crippen MR) is 282 cm³/mol. The molecule has 2 fully saturated rings. The molecule has 6 heterocycles. The molecule has 0 aliphatic carbocycles. The Morgan fingerprint density at radius 1 is 0.779 bits per heavy atom. The predicted octanol–water partition coefficient (Wildman–Crippen LogP) is 7.32. The van der Waals surface area contributed by atoms with Gasteiger partial charge in [0.2, 0.25) is 11.8 Å². The van der Waals surface area contributed by atoms with E-state index in [1.54, 1.807) is 65.2 Å². The van der Waals surface area contributed by atoms with Crippen LogP contribution in [0.1, 0.15) is 50.3 Å². The second-order valence-corrected chi connectivity index (χ2v) is 19.8. The quantitative estimate of drug-likeness (QED) is 0.0612. The minimum atomic E-state index is -4.92. The van der Waals surface area contributed by atoms with E-state index in [4.69, 9.17) is 33.2 Å². The maximum Gasteiger partial charge on any atom is 0.452 e. The van der Waals surface area contributed by atoms with Crippen molar-refractivity contribution >= 4 is 74.9 Å². The summed E-state index contributed by atoms with van der Waals surface area (Å²) in [6.45, 7) is 9.63. The van der Waals surface area contributed by atoms with Gasteiger partial charge < -0.3 is 54.0 Å². The summed E-state index contributed by atoms with van der Waals surface area (Å²) in [6.07, 6.45) is -0.913. The minimum Gasteiger partial charge on any atom is -0.475 e. The second kappa shape index (κ2) is 26.3. The van der Waals surface area contributed by atoms with E-state index >= 15 is 0 Å². The number of benzene rings is 2. The van der Waals surface area contributed by atoms with Crippen molar-refractivity contribution < 1.29 is 65.5 Å². The lowest BCUT2D eigenvalue weighted by atomic mass is 9.99. The summed E-state index contributed by atoms with van der Waals surface area (Å²) in [5, 5.41) is 14.7. The smallest absolute Gasteiger partial charge is 0.452 e. The highest BCUT2D eigenvalue weighted by Crippen LogP contribution is 2.33.